The number of carbonyl (C=O) groups is 2. The van der Waals surface area contributed by atoms with Crippen LogP contribution in [0.1, 0.15) is 42.3 Å². The number of esters is 1. The van der Waals surface area contributed by atoms with Crippen molar-refractivity contribution in [1.82, 2.24) is 9.88 Å². The lowest BCUT2D eigenvalue weighted by Gasteiger charge is -2.16. The summed E-state index contributed by atoms with van der Waals surface area (Å²) >= 11 is 0. The van der Waals surface area contributed by atoms with Crippen LogP contribution >= 0.6 is 0 Å². The smallest absolute Gasteiger partial charge is 0.321 e. The Bertz CT molecular complexity index is 991. The number of aromatic nitrogens is 1. The monoisotopic (exact) mass is 423 g/mol. The first-order chi connectivity index (χ1) is 13.5. The molecule has 1 heterocycles. The molecule has 1 aromatic heterocycles. The highest BCUT2D eigenvalue weighted by molar-refractivity contribution is 7.89. The Balaban J connectivity index is 1.91. The van der Waals surface area contributed by atoms with Crippen LogP contribution in [0.3, 0.4) is 0 Å². The van der Waals surface area contributed by atoms with E-state index in [9.17, 15) is 18.0 Å². The number of nitrogens with zero attached hydrogens (tertiary/aromatic N) is 1. The molecular weight excluding hydrogens is 398 g/mol. The number of hydrogen-bond donors (Lipinski definition) is 2. The molecule has 10 heteroatoms. The number of hydrogen-bond acceptors (Lipinski definition) is 7. The predicted molar refractivity (Wildman–Crippen MR) is 106 cm³/mol. The topological polar surface area (TPSA) is 128 Å². The molecule has 2 rings (SSSR count). The number of para-hydroxylation sites is 1. The summed E-state index contributed by atoms with van der Waals surface area (Å²) in [6, 6.07) is 5.70. The Morgan fingerprint density at radius 2 is 1.90 bits per heavy atom. The van der Waals surface area contributed by atoms with E-state index in [0.29, 0.717) is 5.69 Å². The van der Waals surface area contributed by atoms with E-state index in [1.807, 2.05) is 39.0 Å². The number of carbonyl (C=O) groups excluding carboxylic acids is 2. The highest BCUT2D eigenvalue weighted by Crippen LogP contribution is 2.27. The fourth-order valence-electron chi connectivity index (χ4n) is 2.80. The summed E-state index contributed by atoms with van der Waals surface area (Å²) < 4.78 is 36.3. The van der Waals surface area contributed by atoms with Crippen LogP contribution in [0.25, 0.3) is 0 Å². The van der Waals surface area contributed by atoms with Crippen LogP contribution in [-0.2, 0) is 24.3 Å². The minimum Gasteiger partial charge on any atom is -0.455 e. The third-order valence-electron chi connectivity index (χ3n) is 4.20. The van der Waals surface area contributed by atoms with E-state index < -0.39 is 35.1 Å². The second kappa shape index (κ2) is 9.19. The Kier molecular flexibility index (Phi) is 7.15. The molecule has 2 aromatic rings. The van der Waals surface area contributed by atoms with Gasteiger partial charge in [-0.3, -0.25) is 9.59 Å². The quantitative estimate of drug-likeness (QED) is 0.623. The SMILES string of the molecule is Cc1cccc(C(C)C)c1NC(=O)COC(=O)CNS(=O)(=O)c1c(C)noc1C. The van der Waals surface area contributed by atoms with Gasteiger partial charge in [-0.15, -0.1) is 0 Å². The Hall–Kier alpha value is -2.72. The standard InChI is InChI=1S/C19H25N3O6S/c1-11(2)15-8-6-7-12(3)18(15)21-16(23)10-27-17(24)9-20-29(25,26)19-13(4)22-28-14(19)5/h6-8,11,20H,9-10H2,1-5H3,(H,21,23). The van der Waals surface area contributed by atoms with Crippen molar-refractivity contribution < 1.29 is 27.3 Å². The fraction of sp³-hybridized carbons (Fsp3) is 0.421. The molecule has 1 amide bonds. The van der Waals surface area contributed by atoms with Crippen molar-refractivity contribution in [2.24, 2.45) is 0 Å². The van der Waals surface area contributed by atoms with Gasteiger partial charge in [-0.05, 0) is 37.8 Å². The van der Waals surface area contributed by atoms with Crippen LogP contribution in [0.5, 0.6) is 0 Å². The number of amides is 1. The van der Waals surface area contributed by atoms with Gasteiger partial charge < -0.3 is 14.6 Å². The van der Waals surface area contributed by atoms with Crippen molar-refractivity contribution in [3.8, 4) is 0 Å². The first-order valence-electron chi connectivity index (χ1n) is 9.00. The van der Waals surface area contributed by atoms with Crippen LogP contribution in [0.4, 0.5) is 5.69 Å². The zero-order chi connectivity index (χ0) is 21.8. The van der Waals surface area contributed by atoms with Crippen molar-refractivity contribution in [3.05, 3.63) is 40.8 Å². The summed E-state index contributed by atoms with van der Waals surface area (Å²) in [5.41, 5.74) is 2.73. The largest absolute Gasteiger partial charge is 0.455 e. The third kappa shape index (κ3) is 5.64. The number of anilines is 1. The molecular formula is C19H25N3O6S. The lowest BCUT2D eigenvalue weighted by Crippen LogP contribution is -2.32. The molecule has 0 aliphatic carbocycles. The van der Waals surface area contributed by atoms with Gasteiger partial charge in [-0.2, -0.15) is 4.72 Å². The molecule has 0 aliphatic heterocycles. The fourth-order valence-corrected chi connectivity index (χ4v) is 4.09. The van der Waals surface area contributed by atoms with Crippen molar-refractivity contribution >= 4 is 27.6 Å². The zero-order valence-electron chi connectivity index (χ0n) is 17.0. The summed E-state index contributed by atoms with van der Waals surface area (Å²) in [5.74, 6) is -1.08. The molecule has 0 bridgehead atoms. The van der Waals surface area contributed by atoms with Gasteiger partial charge in [0, 0.05) is 5.69 Å². The molecule has 0 saturated carbocycles. The van der Waals surface area contributed by atoms with Gasteiger partial charge in [-0.25, -0.2) is 8.42 Å². The van der Waals surface area contributed by atoms with E-state index in [0.717, 1.165) is 11.1 Å². The van der Waals surface area contributed by atoms with Crippen molar-refractivity contribution in [2.45, 2.75) is 45.4 Å². The van der Waals surface area contributed by atoms with Crippen molar-refractivity contribution in [3.63, 3.8) is 0 Å². The molecule has 0 spiro atoms. The summed E-state index contributed by atoms with van der Waals surface area (Å²) in [5, 5.41) is 6.32. The molecule has 0 atom stereocenters. The van der Waals surface area contributed by atoms with E-state index in [1.54, 1.807) is 0 Å². The van der Waals surface area contributed by atoms with Crippen molar-refractivity contribution in [2.75, 3.05) is 18.5 Å². The molecule has 0 radical (unpaired) electrons. The van der Waals surface area contributed by atoms with Crippen LogP contribution in [0, 0.1) is 20.8 Å². The van der Waals surface area contributed by atoms with Gasteiger partial charge in [0.15, 0.2) is 12.4 Å². The summed E-state index contributed by atoms with van der Waals surface area (Å²) in [6.45, 7) is 7.67. The minimum absolute atomic E-state index is 0.113. The van der Waals surface area contributed by atoms with Gasteiger partial charge in [0.05, 0.1) is 0 Å². The molecule has 0 fully saturated rings. The van der Waals surface area contributed by atoms with E-state index in [4.69, 9.17) is 9.26 Å². The number of sulfonamides is 1. The predicted octanol–water partition coefficient (Wildman–Crippen LogP) is 2.18. The zero-order valence-corrected chi connectivity index (χ0v) is 17.8. The number of nitrogens with one attached hydrogen (secondary N) is 2. The Morgan fingerprint density at radius 3 is 2.48 bits per heavy atom. The van der Waals surface area contributed by atoms with Crippen molar-refractivity contribution in [1.29, 1.82) is 0 Å². The lowest BCUT2D eigenvalue weighted by molar-refractivity contribution is -0.146. The number of benzene rings is 1. The molecule has 0 saturated heterocycles. The molecule has 158 valence electrons. The Labute approximate surface area is 169 Å². The lowest BCUT2D eigenvalue weighted by atomic mass is 9.98. The molecule has 9 nitrogen and oxygen atoms in total. The maximum Gasteiger partial charge on any atom is 0.321 e. The van der Waals surface area contributed by atoms with Gasteiger partial charge >= 0.3 is 5.97 Å². The van der Waals surface area contributed by atoms with Crippen LogP contribution in [0.2, 0.25) is 0 Å². The first kappa shape index (κ1) is 22.6. The van der Waals surface area contributed by atoms with E-state index in [1.165, 1.54) is 13.8 Å². The Morgan fingerprint density at radius 1 is 1.21 bits per heavy atom. The molecule has 1 aromatic carbocycles. The van der Waals surface area contributed by atoms with Gasteiger partial charge in [0.25, 0.3) is 5.91 Å². The second-order valence-corrected chi connectivity index (χ2v) is 8.58. The van der Waals surface area contributed by atoms with E-state index in [2.05, 4.69) is 15.2 Å². The first-order valence-corrected chi connectivity index (χ1v) is 10.5. The van der Waals surface area contributed by atoms with Gasteiger partial charge in [0.1, 0.15) is 17.1 Å². The number of aryl methyl sites for hydroxylation is 3. The highest BCUT2D eigenvalue weighted by Gasteiger charge is 2.25. The highest BCUT2D eigenvalue weighted by atomic mass is 32.2. The summed E-state index contributed by atoms with van der Waals surface area (Å²) in [6.07, 6.45) is 0. The molecule has 0 aliphatic rings. The van der Waals surface area contributed by atoms with Crippen LogP contribution in [-0.4, -0.2) is 38.6 Å². The maximum absolute atomic E-state index is 12.3. The summed E-state index contributed by atoms with van der Waals surface area (Å²) in [4.78, 5) is 23.9. The van der Waals surface area contributed by atoms with Gasteiger partial charge in [-0.1, -0.05) is 37.2 Å². The van der Waals surface area contributed by atoms with Crippen LogP contribution in [0.15, 0.2) is 27.6 Å². The molecule has 0 unspecified atom stereocenters. The van der Waals surface area contributed by atoms with E-state index >= 15 is 0 Å². The number of rotatable bonds is 8. The van der Waals surface area contributed by atoms with Crippen LogP contribution < -0.4 is 10.0 Å². The molecule has 2 N–H and O–H groups in total. The third-order valence-corrected chi connectivity index (χ3v) is 5.84. The number of ether oxygens (including phenoxy) is 1. The normalized spacial score (nSPS) is 11.5. The average molecular weight is 423 g/mol. The van der Waals surface area contributed by atoms with E-state index in [-0.39, 0.29) is 22.3 Å². The van der Waals surface area contributed by atoms with Gasteiger partial charge in [0.2, 0.25) is 10.0 Å². The summed E-state index contributed by atoms with van der Waals surface area (Å²) in [7, 11) is -3.99. The maximum atomic E-state index is 12.3. The minimum atomic E-state index is -3.99. The molecule has 29 heavy (non-hydrogen) atoms. The second-order valence-electron chi connectivity index (χ2n) is 6.88. The average Bonchev–Trinajstić information content (AvgIpc) is 2.99.